The van der Waals surface area contributed by atoms with Crippen molar-refractivity contribution >= 4 is 39.5 Å². The number of hydrogen-bond acceptors (Lipinski definition) is 5. The molecule has 0 radical (unpaired) electrons. The van der Waals surface area contributed by atoms with Crippen molar-refractivity contribution in [3.8, 4) is 11.4 Å². The number of hydrogen-bond donors (Lipinski definition) is 4. The maximum atomic E-state index is 11.6. The van der Waals surface area contributed by atoms with Crippen molar-refractivity contribution in [1.82, 2.24) is 30.0 Å². The van der Waals surface area contributed by atoms with Gasteiger partial charge in [-0.15, -0.1) is 0 Å². The molecule has 0 aliphatic rings. The van der Waals surface area contributed by atoms with Crippen LogP contribution in [0.4, 0.5) is 16.3 Å². The minimum Gasteiger partial charge on any atom is -0.383 e. The molecule has 4 aromatic rings. The topological polar surface area (TPSA) is 127 Å². The lowest BCUT2D eigenvalue weighted by Crippen LogP contribution is -2.24. The number of fused-ring (bicyclic) bond motifs is 2. The van der Waals surface area contributed by atoms with Crippen molar-refractivity contribution in [2.75, 3.05) is 18.1 Å². The van der Waals surface area contributed by atoms with Crippen LogP contribution >= 0.6 is 0 Å². The summed E-state index contributed by atoms with van der Waals surface area (Å²) in [5.41, 5.74) is 9.65. The maximum absolute atomic E-state index is 11.6. The number of rotatable bonds is 2. The van der Waals surface area contributed by atoms with Gasteiger partial charge in [0.2, 0.25) is 0 Å². The highest BCUT2D eigenvalue weighted by atomic mass is 16.2. The summed E-state index contributed by atoms with van der Waals surface area (Å²) in [6, 6.07) is 7.38. The van der Waals surface area contributed by atoms with Crippen molar-refractivity contribution in [2.24, 2.45) is 0 Å². The van der Waals surface area contributed by atoms with Gasteiger partial charge < -0.3 is 21.4 Å². The molecule has 0 aliphatic carbocycles. The minimum atomic E-state index is -0.272. The lowest BCUT2D eigenvalue weighted by atomic mass is 10.1. The van der Waals surface area contributed by atoms with E-state index in [2.05, 4.69) is 46.4 Å². The van der Waals surface area contributed by atoms with Crippen molar-refractivity contribution in [3.63, 3.8) is 0 Å². The quantitative estimate of drug-likeness (QED) is 0.426. The molecule has 0 saturated carbocycles. The minimum absolute atomic E-state index is 0.270. The van der Waals surface area contributed by atoms with Gasteiger partial charge in [-0.1, -0.05) is 6.07 Å². The van der Waals surface area contributed by atoms with Crippen molar-refractivity contribution in [1.29, 1.82) is 0 Å². The molecule has 3 aromatic heterocycles. The van der Waals surface area contributed by atoms with Gasteiger partial charge in [0.1, 0.15) is 17.8 Å². The van der Waals surface area contributed by atoms with Crippen molar-refractivity contribution in [2.45, 2.75) is 26.3 Å². The van der Waals surface area contributed by atoms with Gasteiger partial charge in [-0.2, -0.15) is 5.10 Å². The van der Waals surface area contributed by atoms with Crippen molar-refractivity contribution < 1.29 is 4.79 Å². The summed E-state index contributed by atoms with van der Waals surface area (Å²) in [6.07, 6.45) is 1.45. The molecule has 3 heterocycles. The van der Waals surface area contributed by atoms with Crippen LogP contribution in [0, 0.1) is 0 Å². The molecule has 2 amide bonds. The Morgan fingerprint density at radius 2 is 2.00 bits per heavy atom. The van der Waals surface area contributed by atoms with Gasteiger partial charge in [0, 0.05) is 23.6 Å². The van der Waals surface area contributed by atoms with Gasteiger partial charge >= 0.3 is 6.03 Å². The number of aromatic nitrogens is 5. The molecule has 144 valence electrons. The second-order valence-electron chi connectivity index (χ2n) is 7.58. The van der Waals surface area contributed by atoms with Crippen LogP contribution in [0.15, 0.2) is 30.6 Å². The molecule has 5 N–H and O–H groups in total. The Morgan fingerprint density at radius 1 is 1.21 bits per heavy atom. The summed E-state index contributed by atoms with van der Waals surface area (Å²) >= 11 is 0. The van der Waals surface area contributed by atoms with Gasteiger partial charge in [-0.05, 0) is 39.0 Å². The number of nitrogen functional groups attached to an aromatic ring is 1. The molecule has 1 aromatic carbocycles. The molecule has 9 nitrogen and oxygen atoms in total. The second kappa shape index (κ2) is 6.22. The van der Waals surface area contributed by atoms with Gasteiger partial charge in [-0.3, -0.25) is 0 Å². The van der Waals surface area contributed by atoms with E-state index in [0.717, 1.165) is 16.6 Å². The Kier molecular flexibility index (Phi) is 3.95. The first-order valence-electron chi connectivity index (χ1n) is 8.89. The van der Waals surface area contributed by atoms with Crippen LogP contribution in [0.5, 0.6) is 0 Å². The second-order valence-corrected chi connectivity index (χ2v) is 7.58. The van der Waals surface area contributed by atoms with Gasteiger partial charge in [0.25, 0.3) is 0 Å². The monoisotopic (exact) mass is 378 g/mol. The third kappa shape index (κ3) is 2.90. The van der Waals surface area contributed by atoms with Crippen LogP contribution in [0.3, 0.4) is 0 Å². The Balaban J connectivity index is 1.88. The number of H-pyrrole nitrogens is 1. The summed E-state index contributed by atoms with van der Waals surface area (Å²) in [4.78, 5) is 23.5. The Labute approximate surface area is 161 Å². The smallest absolute Gasteiger partial charge is 0.318 e. The number of carbonyl (C=O) groups excluding carboxylic acids is 1. The zero-order chi connectivity index (χ0) is 20.1. The number of aromatic amines is 1. The molecule has 4 rings (SSSR count). The molecular formula is C19H22N8O. The van der Waals surface area contributed by atoms with E-state index in [1.54, 1.807) is 7.05 Å². The Bertz CT molecular complexity index is 1200. The van der Waals surface area contributed by atoms with E-state index >= 15 is 0 Å². The summed E-state index contributed by atoms with van der Waals surface area (Å²) in [5, 5.41) is 11.8. The average molecular weight is 378 g/mol. The maximum Gasteiger partial charge on any atom is 0.318 e. The average Bonchev–Trinajstić information content (AvgIpc) is 3.22. The molecule has 28 heavy (non-hydrogen) atoms. The Hall–Kier alpha value is -3.62. The highest BCUT2D eigenvalue weighted by Crippen LogP contribution is 2.34. The number of nitrogens with zero attached hydrogens (tertiary/aromatic N) is 4. The lowest BCUT2D eigenvalue weighted by molar-refractivity contribution is 0.254. The third-order valence-corrected chi connectivity index (χ3v) is 4.49. The molecule has 9 heteroatoms. The van der Waals surface area contributed by atoms with Crippen LogP contribution in [0.25, 0.3) is 33.3 Å². The zero-order valence-electron chi connectivity index (χ0n) is 16.2. The van der Waals surface area contributed by atoms with Crippen LogP contribution < -0.4 is 16.4 Å². The van der Waals surface area contributed by atoms with E-state index in [9.17, 15) is 4.79 Å². The summed E-state index contributed by atoms with van der Waals surface area (Å²) < 4.78 is 1.86. The summed E-state index contributed by atoms with van der Waals surface area (Å²) in [7, 11) is 1.57. The van der Waals surface area contributed by atoms with Gasteiger partial charge in [0.15, 0.2) is 5.65 Å². The SMILES string of the molecule is CNC(=O)Nc1ccc2cc(-c3nn(C(C)(C)C)c4ncnc(N)c34)[nH]c2c1. The van der Waals surface area contributed by atoms with Crippen molar-refractivity contribution in [3.05, 3.63) is 30.6 Å². The number of carbonyl (C=O) groups is 1. The molecule has 0 spiro atoms. The normalized spacial score (nSPS) is 11.9. The lowest BCUT2D eigenvalue weighted by Gasteiger charge is -2.19. The van der Waals surface area contributed by atoms with E-state index in [4.69, 9.17) is 10.8 Å². The number of nitrogens with one attached hydrogen (secondary N) is 3. The first kappa shape index (κ1) is 17.8. The molecule has 0 aliphatic heterocycles. The standard InChI is InChI=1S/C19H22N8O/c1-19(2,3)27-17-14(16(20)22-9-23-17)15(26-27)13-7-10-5-6-11(8-12(10)25-13)24-18(28)21-4/h5-9,25H,1-4H3,(H2,20,22,23)(H2,21,24,28). The van der Waals surface area contributed by atoms with Crippen LogP contribution in [0.2, 0.25) is 0 Å². The molecule has 0 fully saturated rings. The van der Waals surface area contributed by atoms with Crippen LogP contribution in [-0.2, 0) is 5.54 Å². The molecular weight excluding hydrogens is 356 g/mol. The first-order valence-corrected chi connectivity index (χ1v) is 8.89. The molecule has 0 bridgehead atoms. The number of amides is 2. The number of nitrogens with two attached hydrogens (primary N) is 1. The zero-order valence-corrected chi connectivity index (χ0v) is 16.2. The van der Waals surface area contributed by atoms with E-state index in [-0.39, 0.29) is 11.6 Å². The predicted octanol–water partition coefficient (Wildman–Crippen LogP) is 3.06. The number of urea groups is 1. The Morgan fingerprint density at radius 3 is 2.71 bits per heavy atom. The van der Waals surface area contributed by atoms with E-state index in [0.29, 0.717) is 28.2 Å². The number of benzene rings is 1. The molecule has 0 unspecified atom stereocenters. The van der Waals surface area contributed by atoms with E-state index in [1.165, 1.54) is 6.33 Å². The van der Waals surface area contributed by atoms with Gasteiger partial charge in [0.05, 0.1) is 16.6 Å². The summed E-state index contributed by atoms with van der Waals surface area (Å²) in [5.74, 6) is 0.385. The number of anilines is 2. The largest absolute Gasteiger partial charge is 0.383 e. The highest BCUT2D eigenvalue weighted by molar-refractivity contribution is 6.00. The molecule has 0 atom stereocenters. The first-order chi connectivity index (χ1) is 13.3. The summed E-state index contributed by atoms with van der Waals surface area (Å²) in [6.45, 7) is 6.18. The fourth-order valence-corrected chi connectivity index (χ4v) is 3.16. The highest BCUT2D eigenvalue weighted by Gasteiger charge is 2.24. The predicted molar refractivity (Wildman–Crippen MR) is 110 cm³/mol. The van der Waals surface area contributed by atoms with E-state index in [1.807, 2.05) is 28.9 Å². The fourth-order valence-electron chi connectivity index (χ4n) is 3.16. The fraction of sp³-hybridized carbons (Fsp3) is 0.263. The van der Waals surface area contributed by atoms with E-state index < -0.39 is 0 Å². The van der Waals surface area contributed by atoms with Gasteiger partial charge in [-0.25, -0.2) is 19.4 Å². The molecule has 0 saturated heterocycles. The van der Waals surface area contributed by atoms with Crippen LogP contribution in [-0.4, -0.2) is 37.8 Å². The van der Waals surface area contributed by atoms with Crippen LogP contribution in [0.1, 0.15) is 20.8 Å². The third-order valence-electron chi connectivity index (χ3n) is 4.49.